The Morgan fingerprint density at radius 1 is 1.35 bits per heavy atom. The van der Waals surface area contributed by atoms with Crippen molar-refractivity contribution in [1.82, 2.24) is 19.8 Å². The second-order valence-corrected chi connectivity index (χ2v) is 5.18. The molecule has 0 spiro atoms. The van der Waals surface area contributed by atoms with Gasteiger partial charge >= 0.3 is 0 Å². The van der Waals surface area contributed by atoms with E-state index in [-0.39, 0.29) is 16.8 Å². The molecule has 3 heterocycles. The standard InChI is InChI=1S/C15H11N5O3/c1-7-9-3-2-8(4-12(9)23-19-7)11-5-13(21)20-15(18-11)10(6-17-20)14(16)22/h2-6,18H,1H3,(H2,16,22). The Kier molecular flexibility index (Phi) is 2.61. The van der Waals surface area contributed by atoms with Crippen molar-refractivity contribution < 1.29 is 9.32 Å². The van der Waals surface area contributed by atoms with Crippen molar-refractivity contribution in [1.29, 1.82) is 0 Å². The van der Waals surface area contributed by atoms with E-state index >= 15 is 0 Å². The Morgan fingerprint density at radius 2 is 2.17 bits per heavy atom. The van der Waals surface area contributed by atoms with Crippen LogP contribution in [0.25, 0.3) is 27.9 Å². The molecule has 4 rings (SSSR count). The van der Waals surface area contributed by atoms with Gasteiger partial charge in [0.05, 0.1) is 17.6 Å². The molecule has 3 N–H and O–H groups in total. The summed E-state index contributed by atoms with van der Waals surface area (Å²) in [5, 5.41) is 8.68. The van der Waals surface area contributed by atoms with Gasteiger partial charge in [-0.25, -0.2) is 0 Å². The van der Waals surface area contributed by atoms with Crippen molar-refractivity contribution in [3.63, 3.8) is 0 Å². The number of carbonyl (C=O) groups excluding carboxylic acids is 1. The molecule has 8 nitrogen and oxygen atoms in total. The fourth-order valence-electron chi connectivity index (χ4n) is 2.55. The maximum Gasteiger partial charge on any atom is 0.274 e. The number of benzene rings is 1. The van der Waals surface area contributed by atoms with E-state index in [0.29, 0.717) is 11.3 Å². The van der Waals surface area contributed by atoms with E-state index in [4.69, 9.17) is 10.3 Å². The van der Waals surface area contributed by atoms with Crippen LogP contribution in [-0.2, 0) is 0 Å². The molecule has 0 atom stereocenters. The minimum atomic E-state index is -0.658. The van der Waals surface area contributed by atoms with Gasteiger partial charge in [-0.3, -0.25) is 9.59 Å². The molecule has 1 aromatic carbocycles. The van der Waals surface area contributed by atoms with Crippen LogP contribution in [0.5, 0.6) is 0 Å². The molecule has 0 fully saturated rings. The lowest BCUT2D eigenvalue weighted by Crippen LogP contribution is -2.16. The highest BCUT2D eigenvalue weighted by Crippen LogP contribution is 2.24. The number of aryl methyl sites for hydroxylation is 1. The summed E-state index contributed by atoms with van der Waals surface area (Å²) in [7, 11) is 0. The molecule has 0 bridgehead atoms. The lowest BCUT2D eigenvalue weighted by atomic mass is 10.1. The van der Waals surface area contributed by atoms with Gasteiger partial charge in [-0.1, -0.05) is 11.2 Å². The summed E-state index contributed by atoms with van der Waals surface area (Å²) in [6.45, 7) is 1.85. The first-order chi connectivity index (χ1) is 11.0. The van der Waals surface area contributed by atoms with Gasteiger partial charge in [-0.2, -0.15) is 9.61 Å². The van der Waals surface area contributed by atoms with Crippen molar-refractivity contribution in [2.75, 3.05) is 0 Å². The summed E-state index contributed by atoms with van der Waals surface area (Å²) in [6, 6.07) is 6.88. The number of H-pyrrole nitrogens is 1. The van der Waals surface area contributed by atoms with E-state index in [1.54, 1.807) is 6.07 Å². The van der Waals surface area contributed by atoms with Crippen LogP contribution in [0.4, 0.5) is 0 Å². The van der Waals surface area contributed by atoms with Crippen LogP contribution >= 0.6 is 0 Å². The third-order valence-corrected chi connectivity index (χ3v) is 3.73. The van der Waals surface area contributed by atoms with E-state index in [1.165, 1.54) is 12.3 Å². The Hall–Kier alpha value is -3.42. The van der Waals surface area contributed by atoms with Crippen molar-refractivity contribution in [2.24, 2.45) is 5.73 Å². The van der Waals surface area contributed by atoms with Crippen LogP contribution in [0.2, 0.25) is 0 Å². The number of primary amides is 1. The number of aromatic nitrogens is 4. The topological polar surface area (TPSA) is 119 Å². The van der Waals surface area contributed by atoms with Gasteiger partial charge in [0, 0.05) is 17.0 Å². The van der Waals surface area contributed by atoms with Gasteiger partial charge < -0.3 is 15.2 Å². The Balaban J connectivity index is 1.98. The summed E-state index contributed by atoms with van der Waals surface area (Å²) in [5.41, 5.74) is 8.01. The molecule has 114 valence electrons. The highest BCUT2D eigenvalue weighted by Gasteiger charge is 2.14. The Morgan fingerprint density at radius 3 is 2.96 bits per heavy atom. The quantitative estimate of drug-likeness (QED) is 0.577. The number of nitrogens with two attached hydrogens (primary N) is 1. The summed E-state index contributed by atoms with van der Waals surface area (Å²) in [6.07, 6.45) is 1.27. The zero-order valence-electron chi connectivity index (χ0n) is 12.0. The van der Waals surface area contributed by atoms with E-state index in [2.05, 4.69) is 15.2 Å². The maximum absolute atomic E-state index is 12.2. The molecule has 0 radical (unpaired) electrons. The molecular weight excluding hydrogens is 298 g/mol. The smallest absolute Gasteiger partial charge is 0.274 e. The minimum Gasteiger partial charge on any atom is -0.365 e. The number of rotatable bonds is 2. The first-order valence-corrected chi connectivity index (χ1v) is 6.82. The number of fused-ring (bicyclic) bond motifs is 2. The summed E-state index contributed by atoms with van der Waals surface area (Å²) in [5.74, 6) is -0.658. The SMILES string of the molecule is Cc1noc2cc(-c3cc(=O)n4ncc(C(N)=O)c4[nH]3)ccc12. The van der Waals surface area contributed by atoms with Crippen molar-refractivity contribution in [2.45, 2.75) is 6.92 Å². The zero-order chi connectivity index (χ0) is 16.1. The van der Waals surface area contributed by atoms with Gasteiger partial charge in [0.2, 0.25) is 0 Å². The van der Waals surface area contributed by atoms with Gasteiger partial charge in [0.25, 0.3) is 11.5 Å². The maximum atomic E-state index is 12.2. The van der Waals surface area contributed by atoms with Crippen LogP contribution in [-0.4, -0.2) is 25.7 Å². The molecule has 0 unspecified atom stereocenters. The predicted octanol–water partition coefficient (Wildman–Crippen LogP) is 1.24. The number of amides is 1. The first-order valence-electron chi connectivity index (χ1n) is 6.82. The molecule has 0 saturated heterocycles. The number of hydrogen-bond acceptors (Lipinski definition) is 5. The lowest BCUT2D eigenvalue weighted by Gasteiger charge is -2.03. The Labute approximate surface area is 128 Å². The van der Waals surface area contributed by atoms with Crippen LogP contribution in [0.1, 0.15) is 16.1 Å². The Bertz CT molecular complexity index is 1140. The molecule has 1 amide bonds. The fraction of sp³-hybridized carbons (Fsp3) is 0.0667. The summed E-state index contributed by atoms with van der Waals surface area (Å²) >= 11 is 0. The van der Waals surface area contributed by atoms with Crippen molar-refractivity contribution in [3.8, 4) is 11.3 Å². The number of hydrogen-bond donors (Lipinski definition) is 2. The molecule has 0 aliphatic carbocycles. The van der Waals surface area contributed by atoms with Crippen LogP contribution in [0.15, 0.2) is 39.8 Å². The van der Waals surface area contributed by atoms with Crippen molar-refractivity contribution in [3.05, 3.63) is 52.1 Å². The number of carbonyl (C=O) groups is 1. The van der Waals surface area contributed by atoms with Crippen molar-refractivity contribution >= 4 is 22.5 Å². The highest BCUT2D eigenvalue weighted by molar-refractivity contribution is 5.98. The molecular formula is C15H11N5O3. The highest BCUT2D eigenvalue weighted by atomic mass is 16.5. The van der Waals surface area contributed by atoms with E-state index in [1.807, 2.05) is 19.1 Å². The molecule has 0 saturated carbocycles. The summed E-state index contributed by atoms with van der Waals surface area (Å²) in [4.78, 5) is 26.6. The second kappa shape index (κ2) is 4.54. The fourth-order valence-corrected chi connectivity index (χ4v) is 2.55. The lowest BCUT2D eigenvalue weighted by molar-refractivity contribution is 0.100. The third kappa shape index (κ3) is 1.92. The average Bonchev–Trinajstić information content (AvgIpc) is 3.11. The van der Waals surface area contributed by atoms with Crippen LogP contribution in [0.3, 0.4) is 0 Å². The second-order valence-electron chi connectivity index (χ2n) is 5.18. The van der Waals surface area contributed by atoms with E-state index in [0.717, 1.165) is 21.2 Å². The van der Waals surface area contributed by atoms with E-state index < -0.39 is 5.91 Å². The largest absolute Gasteiger partial charge is 0.365 e. The first kappa shape index (κ1) is 13.3. The van der Waals surface area contributed by atoms with Gasteiger partial charge in [-0.05, 0) is 19.1 Å². The normalized spacial score (nSPS) is 11.3. The molecule has 8 heteroatoms. The van der Waals surface area contributed by atoms with Crippen LogP contribution < -0.4 is 11.3 Å². The minimum absolute atomic E-state index is 0.153. The monoisotopic (exact) mass is 309 g/mol. The molecule has 0 aliphatic rings. The molecule has 3 aromatic heterocycles. The molecule has 4 aromatic rings. The van der Waals surface area contributed by atoms with Gasteiger partial charge in [0.1, 0.15) is 5.56 Å². The molecule has 23 heavy (non-hydrogen) atoms. The molecule has 0 aliphatic heterocycles. The van der Waals surface area contributed by atoms with Gasteiger partial charge in [0.15, 0.2) is 11.2 Å². The third-order valence-electron chi connectivity index (χ3n) is 3.73. The van der Waals surface area contributed by atoms with Crippen LogP contribution in [0, 0.1) is 6.92 Å². The average molecular weight is 309 g/mol. The summed E-state index contributed by atoms with van der Waals surface area (Å²) < 4.78 is 6.34. The zero-order valence-corrected chi connectivity index (χ0v) is 12.0. The number of aromatic amines is 1. The van der Waals surface area contributed by atoms with Gasteiger partial charge in [-0.15, -0.1) is 0 Å². The number of nitrogens with zero attached hydrogens (tertiary/aromatic N) is 3. The predicted molar refractivity (Wildman–Crippen MR) is 82.1 cm³/mol. The van der Waals surface area contributed by atoms with E-state index in [9.17, 15) is 9.59 Å². The number of nitrogens with one attached hydrogen (secondary N) is 1.